The number of allylic oxidation sites excluding steroid dienone is 3. The van der Waals surface area contributed by atoms with E-state index in [1.54, 1.807) is 6.92 Å². The van der Waals surface area contributed by atoms with Crippen LogP contribution in [0.4, 0.5) is 0 Å². The van der Waals surface area contributed by atoms with Crippen LogP contribution in [0, 0.1) is 6.92 Å². The van der Waals surface area contributed by atoms with Crippen LogP contribution in [-0.2, 0) is 0 Å². The maximum atomic E-state index is 6.81. The van der Waals surface area contributed by atoms with Crippen LogP contribution in [0.15, 0.2) is 22.2 Å². The van der Waals surface area contributed by atoms with Crippen molar-refractivity contribution in [2.75, 3.05) is 0 Å². The van der Waals surface area contributed by atoms with Crippen LogP contribution >= 0.6 is 23.2 Å². The molecule has 0 aromatic heterocycles. The summed E-state index contributed by atoms with van der Waals surface area (Å²) in [6.45, 7) is 11.8. The van der Waals surface area contributed by atoms with Crippen LogP contribution < -0.4 is 0 Å². The van der Waals surface area contributed by atoms with Crippen LogP contribution in [0.25, 0.3) is 0 Å². The third-order valence-electron chi connectivity index (χ3n) is 0.736. The highest BCUT2D eigenvalue weighted by Gasteiger charge is 2.08. The van der Waals surface area contributed by atoms with E-state index in [2.05, 4.69) is 6.58 Å². The predicted octanol–water partition coefficient (Wildman–Crippen LogP) is 2.84. The van der Waals surface area contributed by atoms with E-state index in [1.165, 1.54) is 0 Å². The highest BCUT2D eigenvalue weighted by Crippen LogP contribution is 2.17. The van der Waals surface area contributed by atoms with Gasteiger partial charge in [-0.25, -0.2) is 0 Å². The minimum Gasteiger partial charge on any atom is -0.0603 e. The molecule has 0 heterocycles. The Morgan fingerprint density at radius 1 is 1.50 bits per heavy atom. The summed E-state index contributed by atoms with van der Waals surface area (Å²) < 4.78 is 0. The van der Waals surface area contributed by atoms with Crippen molar-refractivity contribution in [1.82, 2.24) is 0 Å². The quantitative estimate of drug-likeness (QED) is 0.396. The Morgan fingerprint density at radius 2 is 1.88 bits per heavy atom. The van der Waals surface area contributed by atoms with Crippen molar-refractivity contribution in [3.05, 3.63) is 29.1 Å². The van der Waals surface area contributed by atoms with Crippen molar-refractivity contribution in [1.29, 1.82) is 0 Å². The molecule has 8 heavy (non-hydrogen) atoms. The van der Waals surface area contributed by atoms with Gasteiger partial charge in [0, 0.05) is 6.92 Å². The topological polar surface area (TPSA) is 0 Å². The Bertz CT molecular complexity index is 129. The zero-order valence-corrected chi connectivity index (χ0v) is 5.97. The molecule has 0 unspecified atom stereocenters. The molecule has 42 valence electrons. The molecule has 0 nitrogen and oxygen atoms in total. The van der Waals surface area contributed by atoms with Crippen molar-refractivity contribution in [2.24, 2.45) is 0 Å². The highest BCUT2D eigenvalue weighted by atomic mass is 35.5. The molecule has 0 aromatic rings. The van der Waals surface area contributed by atoms with E-state index in [4.69, 9.17) is 30.1 Å². The van der Waals surface area contributed by atoms with Crippen molar-refractivity contribution in [3.63, 3.8) is 0 Å². The van der Waals surface area contributed by atoms with Gasteiger partial charge in [0.25, 0.3) is 5.03 Å². The van der Waals surface area contributed by atoms with Crippen LogP contribution in [0.5, 0.6) is 0 Å². The van der Waals surface area contributed by atoms with Gasteiger partial charge in [-0.1, -0.05) is 18.2 Å². The van der Waals surface area contributed by atoms with Crippen molar-refractivity contribution >= 4 is 23.2 Å². The molecule has 2 heteroatoms. The summed E-state index contributed by atoms with van der Waals surface area (Å²) in [4.78, 5) is 0. The predicted molar refractivity (Wildman–Crippen MR) is 36.8 cm³/mol. The van der Waals surface area contributed by atoms with Gasteiger partial charge in [-0.3, -0.25) is 0 Å². The van der Waals surface area contributed by atoms with Gasteiger partial charge in [-0.2, -0.15) is 0 Å². The zero-order valence-electron chi connectivity index (χ0n) is 4.46. The maximum Gasteiger partial charge on any atom is 0.352 e. The Kier molecular flexibility index (Phi) is 3.03. The van der Waals surface area contributed by atoms with E-state index >= 15 is 0 Å². The number of hydrogen-bond donors (Lipinski definition) is 0. The molecule has 2 radical (unpaired) electrons. The fraction of sp³-hybridized carbons (Fsp3) is 0.167. The van der Waals surface area contributed by atoms with Gasteiger partial charge < -0.3 is 0 Å². The lowest BCUT2D eigenvalue weighted by atomic mass is 10.3. The van der Waals surface area contributed by atoms with Gasteiger partial charge in [0.2, 0.25) is 0 Å². The van der Waals surface area contributed by atoms with E-state index < -0.39 is 0 Å². The van der Waals surface area contributed by atoms with E-state index in [1.807, 2.05) is 0 Å². The second-order valence-electron chi connectivity index (χ2n) is 1.34. The van der Waals surface area contributed by atoms with E-state index in [0.29, 0.717) is 10.6 Å². The van der Waals surface area contributed by atoms with Gasteiger partial charge in [0.15, 0.2) is 0 Å². The fourth-order valence-corrected chi connectivity index (χ4v) is 0.376. The molecular weight excluding hydrogens is 143 g/mol. The average molecular weight is 148 g/mol. The Balaban J connectivity index is 4.23. The third-order valence-corrected chi connectivity index (χ3v) is 1.30. The molecule has 0 aliphatic carbocycles. The molecule has 0 atom stereocenters. The molecule has 0 saturated heterocycles. The van der Waals surface area contributed by atoms with Crippen LogP contribution in [0.1, 0.15) is 6.92 Å². The van der Waals surface area contributed by atoms with Crippen LogP contribution in [0.3, 0.4) is 0 Å². The average Bonchev–Trinajstić information content (AvgIpc) is 1.64. The van der Waals surface area contributed by atoms with Crippen molar-refractivity contribution in [3.8, 4) is 0 Å². The lowest BCUT2D eigenvalue weighted by molar-refractivity contribution is 1.48. The summed E-state index contributed by atoms with van der Waals surface area (Å²) in [6.07, 6.45) is 0. The molecular formula is C6H5Cl2+. The first-order chi connectivity index (χ1) is 3.55. The number of rotatable bonds is 1. The van der Waals surface area contributed by atoms with E-state index in [0.717, 1.165) is 0 Å². The summed E-state index contributed by atoms with van der Waals surface area (Å²) in [5.41, 5.74) is 0.522. The molecule has 0 spiro atoms. The number of halogens is 2. The Hall–Kier alpha value is -0.0700. The lowest BCUT2D eigenvalue weighted by Gasteiger charge is -1.82. The largest absolute Gasteiger partial charge is 0.352 e. The molecule has 0 rings (SSSR count). The highest BCUT2D eigenvalue weighted by molar-refractivity contribution is 6.35. The van der Waals surface area contributed by atoms with Crippen molar-refractivity contribution < 1.29 is 0 Å². The van der Waals surface area contributed by atoms with Gasteiger partial charge in [-0.05, 0) is 11.6 Å². The second kappa shape index (κ2) is 3.06. The second-order valence-corrected chi connectivity index (χ2v) is 2.18. The standard InChI is InChI=1S/C6H5Cl2/c1-4(5(2)7)6(3)8/h2H2,1H3/q+1/b6-4+. The minimum absolute atomic E-state index is 0.0509. The van der Waals surface area contributed by atoms with Crippen molar-refractivity contribution in [2.45, 2.75) is 6.92 Å². The third kappa shape index (κ3) is 2.29. The molecule has 0 fully saturated rings. The summed E-state index contributed by atoms with van der Waals surface area (Å²) >= 11 is 10.6. The Morgan fingerprint density at radius 3 is 1.88 bits per heavy atom. The summed E-state index contributed by atoms with van der Waals surface area (Å²) in [6, 6.07) is 0. The zero-order chi connectivity index (χ0) is 6.73. The molecule has 0 aliphatic rings. The molecule has 0 bridgehead atoms. The first-order valence-electron chi connectivity index (χ1n) is 1.98. The monoisotopic (exact) mass is 147 g/mol. The molecule has 0 N–H and O–H groups in total. The Labute approximate surface area is 59.8 Å². The minimum atomic E-state index is -0.0509. The van der Waals surface area contributed by atoms with Crippen LogP contribution in [0.2, 0.25) is 0 Å². The SMILES string of the molecule is [C+]/C(Cl)=C(/C)C(=C)Cl. The summed E-state index contributed by atoms with van der Waals surface area (Å²) in [5, 5.41) is 0.273. The summed E-state index contributed by atoms with van der Waals surface area (Å²) in [7, 11) is 0. The lowest BCUT2D eigenvalue weighted by Crippen LogP contribution is -1.74. The van der Waals surface area contributed by atoms with Gasteiger partial charge in [0.05, 0.1) is 0 Å². The van der Waals surface area contributed by atoms with Gasteiger partial charge in [0.1, 0.15) is 10.6 Å². The van der Waals surface area contributed by atoms with Gasteiger partial charge >= 0.3 is 6.92 Å². The molecule has 0 aromatic carbocycles. The van der Waals surface area contributed by atoms with E-state index in [9.17, 15) is 0 Å². The van der Waals surface area contributed by atoms with Crippen LogP contribution in [-0.4, -0.2) is 0 Å². The summed E-state index contributed by atoms with van der Waals surface area (Å²) in [5.74, 6) is 0. The maximum absolute atomic E-state index is 6.81. The first-order valence-corrected chi connectivity index (χ1v) is 2.74. The molecule has 0 saturated carbocycles. The smallest absolute Gasteiger partial charge is 0.0603 e. The molecule has 0 aliphatic heterocycles. The molecule has 0 amide bonds. The normalized spacial score (nSPS) is 12.9. The first kappa shape index (κ1) is 7.93. The number of hydrogen-bond acceptors (Lipinski definition) is 0. The van der Waals surface area contributed by atoms with E-state index in [-0.39, 0.29) is 5.03 Å². The van der Waals surface area contributed by atoms with Gasteiger partial charge in [-0.15, -0.1) is 0 Å². The fourth-order valence-electron chi connectivity index (χ4n) is 0.119.